The molecule has 0 saturated carbocycles. The van der Waals surface area contributed by atoms with Crippen LogP contribution in [0.25, 0.3) is 0 Å². The summed E-state index contributed by atoms with van der Waals surface area (Å²) in [6, 6.07) is 0. The third kappa shape index (κ3) is 47.3. The van der Waals surface area contributed by atoms with E-state index in [0.29, 0.717) is 19.3 Å². The summed E-state index contributed by atoms with van der Waals surface area (Å²) in [6.07, 6.45) is 46.7. The van der Waals surface area contributed by atoms with E-state index in [4.69, 9.17) is 14.2 Å². The second-order valence-corrected chi connectivity index (χ2v) is 19.1. The van der Waals surface area contributed by atoms with Gasteiger partial charge in [0.05, 0.1) is 0 Å². The number of carbonyl (C=O) groups is 3. The molecule has 0 aliphatic heterocycles. The molecule has 0 rings (SSSR count). The Morgan fingerprint density at radius 3 is 0.831 bits per heavy atom. The lowest BCUT2D eigenvalue weighted by molar-refractivity contribution is -0.167. The maximum atomic E-state index is 12.7. The summed E-state index contributed by atoms with van der Waals surface area (Å²) in [7, 11) is 0. The first-order valence-electron chi connectivity index (χ1n) is 26.2. The van der Waals surface area contributed by atoms with Gasteiger partial charge in [0.15, 0.2) is 6.10 Å². The lowest BCUT2D eigenvalue weighted by Gasteiger charge is -2.18. The van der Waals surface area contributed by atoms with Crippen molar-refractivity contribution in [3.8, 4) is 0 Å². The van der Waals surface area contributed by atoms with Crippen molar-refractivity contribution in [1.82, 2.24) is 0 Å². The van der Waals surface area contributed by atoms with Crippen LogP contribution < -0.4 is 0 Å². The number of unbranched alkanes of at least 4 members (excludes halogenated alkanes) is 32. The molecule has 0 radical (unpaired) electrons. The molecule has 0 aliphatic carbocycles. The molecule has 350 valence electrons. The van der Waals surface area contributed by atoms with Gasteiger partial charge in [-0.3, -0.25) is 14.4 Å². The highest BCUT2D eigenvalue weighted by Crippen LogP contribution is 2.17. The Bertz CT molecular complexity index is 900. The van der Waals surface area contributed by atoms with Gasteiger partial charge in [-0.05, 0) is 31.1 Å². The van der Waals surface area contributed by atoms with E-state index in [9.17, 15) is 14.4 Å². The monoisotopic (exact) mass is 835 g/mol. The first kappa shape index (κ1) is 57.4. The summed E-state index contributed by atoms with van der Waals surface area (Å²) in [5.74, 6) is 0.777. The third-order valence-electron chi connectivity index (χ3n) is 12.0. The van der Waals surface area contributed by atoms with E-state index < -0.39 is 6.10 Å². The second-order valence-electron chi connectivity index (χ2n) is 19.1. The highest BCUT2D eigenvalue weighted by Gasteiger charge is 2.19. The van der Waals surface area contributed by atoms with Crippen LogP contribution in [0, 0.1) is 11.8 Å². The smallest absolute Gasteiger partial charge is 0.306 e. The largest absolute Gasteiger partial charge is 0.462 e. The molecule has 0 saturated heterocycles. The zero-order valence-electron chi connectivity index (χ0n) is 40.4. The van der Waals surface area contributed by atoms with Crippen LogP contribution in [0.2, 0.25) is 0 Å². The van der Waals surface area contributed by atoms with Crippen LogP contribution in [0.5, 0.6) is 0 Å². The zero-order chi connectivity index (χ0) is 43.3. The van der Waals surface area contributed by atoms with E-state index in [1.54, 1.807) is 0 Å². The molecule has 0 unspecified atom stereocenters. The van der Waals surface area contributed by atoms with Crippen LogP contribution in [-0.2, 0) is 28.6 Å². The summed E-state index contributed by atoms with van der Waals surface area (Å²) in [4.78, 5) is 37.9. The van der Waals surface area contributed by atoms with Crippen molar-refractivity contribution < 1.29 is 28.6 Å². The number of ether oxygens (including phenoxy) is 3. The number of carbonyl (C=O) groups excluding carboxylic acids is 3. The van der Waals surface area contributed by atoms with E-state index in [2.05, 4.69) is 34.6 Å². The van der Waals surface area contributed by atoms with E-state index in [1.165, 1.54) is 180 Å². The standard InChI is InChI=1S/C53H102O6/c1-6-7-8-9-10-11-12-16-20-23-28-33-38-43-51(54)57-46-50(59-53(56)45-40-35-30-25-27-32-37-42-49(4)5)47-58-52(55)44-39-34-29-24-21-18-15-13-14-17-19-22-26-31-36-41-48(2)3/h48-50H,6-47H2,1-5H3/t50-/m1/s1. The Labute approximate surface area is 368 Å². The van der Waals surface area contributed by atoms with Crippen molar-refractivity contribution in [3.63, 3.8) is 0 Å². The average molecular weight is 835 g/mol. The van der Waals surface area contributed by atoms with E-state index >= 15 is 0 Å². The molecule has 1 atom stereocenters. The molecule has 0 bridgehead atoms. The van der Waals surface area contributed by atoms with Crippen molar-refractivity contribution in [2.75, 3.05) is 13.2 Å². The summed E-state index contributed by atoms with van der Waals surface area (Å²) >= 11 is 0. The van der Waals surface area contributed by atoms with Crippen LogP contribution in [-0.4, -0.2) is 37.2 Å². The number of hydrogen-bond donors (Lipinski definition) is 0. The molecule has 0 aliphatic rings. The van der Waals surface area contributed by atoms with Gasteiger partial charge in [0.1, 0.15) is 13.2 Å². The molecule has 0 heterocycles. The van der Waals surface area contributed by atoms with Crippen molar-refractivity contribution in [3.05, 3.63) is 0 Å². The normalized spacial score (nSPS) is 12.1. The molecule has 0 fully saturated rings. The molecule has 6 nitrogen and oxygen atoms in total. The van der Waals surface area contributed by atoms with Gasteiger partial charge < -0.3 is 14.2 Å². The number of esters is 3. The van der Waals surface area contributed by atoms with Crippen LogP contribution in [0.15, 0.2) is 0 Å². The van der Waals surface area contributed by atoms with E-state index in [-0.39, 0.29) is 31.1 Å². The first-order valence-corrected chi connectivity index (χ1v) is 26.2. The lowest BCUT2D eigenvalue weighted by atomic mass is 10.0. The van der Waals surface area contributed by atoms with Gasteiger partial charge in [0.25, 0.3) is 0 Å². The Morgan fingerprint density at radius 2 is 0.559 bits per heavy atom. The van der Waals surface area contributed by atoms with Crippen molar-refractivity contribution in [1.29, 1.82) is 0 Å². The Balaban J connectivity index is 4.24. The van der Waals surface area contributed by atoms with Gasteiger partial charge in [-0.15, -0.1) is 0 Å². The molecule has 59 heavy (non-hydrogen) atoms. The highest BCUT2D eigenvalue weighted by molar-refractivity contribution is 5.71. The van der Waals surface area contributed by atoms with Gasteiger partial charge in [0, 0.05) is 19.3 Å². The summed E-state index contributed by atoms with van der Waals surface area (Å²) < 4.78 is 16.8. The fourth-order valence-corrected chi connectivity index (χ4v) is 7.99. The minimum Gasteiger partial charge on any atom is -0.462 e. The molecule has 0 aromatic rings. The quantitative estimate of drug-likeness (QED) is 0.0345. The summed E-state index contributed by atoms with van der Waals surface area (Å²) in [6.45, 7) is 11.3. The fourth-order valence-electron chi connectivity index (χ4n) is 7.99. The molecule has 0 aromatic carbocycles. The molecule has 6 heteroatoms. The maximum absolute atomic E-state index is 12.7. The molecular formula is C53H102O6. The van der Waals surface area contributed by atoms with E-state index in [1.807, 2.05) is 0 Å². The Morgan fingerprint density at radius 1 is 0.322 bits per heavy atom. The Hall–Kier alpha value is -1.59. The van der Waals surface area contributed by atoms with Gasteiger partial charge in [-0.25, -0.2) is 0 Å². The lowest BCUT2D eigenvalue weighted by Crippen LogP contribution is -2.30. The van der Waals surface area contributed by atoms with E-state index in [0.717, 1.165) is 69.6 Å². The number of hydrogen-bond acceptors (Lipinski definition) is 6. The third-order valence-corrected chi connectivity index (χ3v) is 12.0. The van der Waals surface area contributed by atoms with Crippen LogP contribution >= 0.6 is 0 Å². The molecule has 0 amide bonds. The van der Waals surface area contributed by atoms with Crippen LogP contribution in [0.4, 0.5) is 0 Å². The molecular weight excluding hydrogens is 733 g/mol. The summed E-state index contributed by atoms with van der Waals surface area (Å²) in [5.41, 5.74) is 0. The van der Waals surface area contributed by atoms with Crippen molar-refractivity contribution in [2.24, 2.45) is 11.8 Å². The topological polar surface area (TPSA) is 78.9 Å². The number of rotatable bonds is 47. The molecule has 0 aromatic heterocycles. The molecule has 0 N–H and O–H groups in total. The predicted molar refractivity (Wildman–Crippen MR) is 252 cm³/mol. The van der Waals surface area contributed by atoms with Crippen LogP contribution in [0.1, 0.15) is 291 Å². The predicted octanol–water partition coefficient (Wildman–Crippen LogP) is 16.9. The fraction of sp³-hybridized carbons (Fsp3) is 0.943. The van der Waals surface area contributed by atoms with Crippen LogP contribution in [0.3, 0.4) is 0 Å². The first-order chi connectivity index (χ1) is 28.7. The average Bonchev–Trinajstić information content (AvgIpc) is 3.20. The van der Waals surface area contributed by atoms with Crippen molar-refractivity contribution in [2.45, 2.75) is 298 Å². The summed E-state index contributed by atoms with van der Waals surface area (Å²) in [5, 5.41) is 0. The van der Waals surface area contributed by atoms with Gasteiger partial charge in [-0.1, -0.05) is 253 Å². The van der Waals surface area contributed by atoms with Crippen molar-refractivity contribution >= 4 is 17.9 Å². The van der Waals surface area contributed by atoms with Gasteiger partial charge in [-0.2, -0.15) is 0 Å². The second kappa shape index (κ2) is 45.9. The minimum absolute atomic E-state index is 0.0642. The zero-order valence-corrected chi connectivity index (χ0v) is 40.4. The SMILES string of the molecule is CCCCCCCCCCCCCCCC(=O)OC[C@H](COC(=O)CCCCCCCCCCCCCCCCCC(C)C)OC(=O)CCCCCCCCCC(C)C. The highest BCUT2D eigenvalue weighted by atomic mass is 16.6. The van der Waals surface area contributed by atoms with Gasteiger partial charge >= 0.3 is 17.9 Å². The Kier molecular flexibility index (Phi) is 44.7. The molecule has 0 spiro atoms. The minimum atomic E-state index is -0.762. The van der Waals surface area contributed by atoms with Gasteiger partial charge in [0.2, 0.25) is 0 Å². The maximum Gasteiger partial charge on any atom is 0.306 e.